The van der Waals surface area contributed by atoms with Gasteiger partial charge in [0.15, 0.2) is 5.13 Å². The fourth-order valence-electron chi connectivity index (χ4n) is 3.54. The van der Waals surface area contributed by atoms with E-state index >= 15 is 0 Å². The summed E-state index contributed by atoms with van der Waals surface area (Å²) in [6.07, 6.45) is 2.36. The van der Waals surface area contributed by atoms with Crippen molar-refractivity contribution in [3.8, 4) is 0 Å². The second kappa shape index (κ2) is 5.26. The highest BCUT2D eigenvalue weighted by Gasteiger charge is 2.47. The van der Waals surface area contributed by atoms with Crippen LogP contribution in [-0.2, 0) is 4.74 Å². The van der Waals surface area contributed by atoms with Gasteiger partial charge in [-0.3, -0.25) is 4.90 Å². The molecule has 2 atom stereocenters. The topological polar surface area (TPSA) is 31.8 Å². The molecule has 2 saturated heterocycles. The zero-order chi connectivity index (χ0) is 15.5. The van der Waals surface area contributed by atoms with Gasteiger partial charge in [-0.15, -0.1) is 11.3 Å². The standard InChI is InChI=1S/C14H18BrClN4OS/c1-14-4-3-9(5-21-7-14)20(14)13-17-10(6-22-13)19-8-18(2)11(15)12(19)16/h6,9H,3-5,7-8H2,1-2H3/t9-,14+/m1/s1. The molecule has 2 fully saturated rings. The molecule has 0 saturated carbocycles. The maximum atomic E-state index is 6.40. The minimum atomic E-state index is 0.0834. The third-order valence-electron chi connectivity index (χ3n) is 4.74. The summed E-state index contributed by atoms with van der Waals surface area (Å²) < 4.78 is 6.65. The molecule has 22 heavy (non-hydrogen) atoms. The summed E-state index contributed by atoms with van der Waals surface area (Å²) in [4.78, 5) is 11.4. The van der Waals surface area contributed by atoms with Crippen molar-refractivity contribution in [1.82, 2.24) is 9.88 Å². The van der Waals surface area contributed by atoms with E-state index in [-0.39, 0.29) is 5.54 Å². The van der Waals surface area contributed by atoms with Gasteiger partial charge in [-0.05, 0) is 35.7 Å². The number of ether oxygens (including phenoxy) is 1. The maximum Gasteiger partial charge on any atom is 0.188 e. The molecule has 3 aliphatic heterocycles. The second-order valence-electron chi connectivity index (χ2n) is 6.41. The Balaban J connectivity index is 1.63. The first-order valence-corrected chi connectivity index (χ1v) is 9.41. The van der Waals surface area contributed by atoms with Gasteiger partial charge in [0.05, 0.1) is 31.5 Å². The molecule has 0 radical (unpaired) electrons. The molecular formula is C14H18BrClN4OS. The molecule has 8 heteroatoms. The third-order valence-corrected chi connectivity index (χ3v) is 7.16. The SMILES string of the molecule is CN1CN(c2csc(N3[C@@H]4CC[C@@]3(C)COC4)n2)C(Cl)=C1Br. The van der Waals surface area contributed by atoms with Gasteiger partial charge in [0, 0.05) is 12.4 Å². The van der Waals surface area contributed by atoms with Crippen molar-refractivity contribution in [2.75, 3.05) is 36.7 Å². The summed E-state index contributed by atoms with van der Waals surface area (Å²) in [5.74, 6) is 0.917. The monoisotopic (exact) mass is 404 g/mol. The Kier molecular flexibility index (Phi) is 3.60. The van der Waals surface area contributed by atoms with E-state index < -0.39 is 0 Å². The molecule has 1 aromatic heterocycles. The fourth-order valence-corrected chi connectivity index (χ4v) is 5.17. The van der Waals surface area contributed by atoms with E-state index in [0.29, 0.717) is 17.9 Å². The lowest BCUT2D eigenvalue weighted by Crippen LogP contribution is -2.54. The van der Waals surface area contributed by atoms with E-state index in [2.05, 4.69) is 38.0 Å². The molecule has 1 aromatic rings. The number of halogens is 2. The first-order chi connectivity index (χ1) is 10.5. The number of thiazole rings is 1. The van der Waals surface area contributed by atoms with Crippen LogP contribution in [0.5, 0.6) is 0 Å². The van der Waals surface area contributed by atoms with Crippen LogP contribution in [0, 0.1) is 0 Å². The lowest BCUT2D eigenvalue weighted by Gasteiger charge is -2.42. The molecule has 0 amide bonds. The zero-order valence-corrected chi connectivity index (χ0v) is 15.7. The Bertz CT molecular complexity index is 634. The molecule has 5 nitrogen and oxygen atoms in total. The summed E-state index contributed by atoms with van der Waals surface area (Å²) in [6, 6.07) is 0.455. The summed E-state index contributed by atoms with van der Waals surface area (Å²) in [6.45, 7) is 4.59. The van der Waals surface area contributed by atoms with Gasteiger partial charge in [-0.1, -0.05) is 11.6 Å². The van der Waals surface area contributed by atoms with E-state index in [1.807, 2.05) is 11.9 Å². The van der Waals surface area contributed by atoms with Crippen LogP contribution in [0.25, 0.3) is 0 Å². The average Bonchev–Trinajstić information content (AvgIpc) is 3.10. The van der Waals surface area contributed by atoms with Crippen molar-refractivity contribution in [2.45, 2.75) is 31.3 Å². The Morgan fingerprint density at radius 2 is 2.36 bits per heavy atom. The highest BCUT2D eigenvalue weighted by molar-refractivity contribution is 9.11. The van der Waals surface area contributed by atoms with Crippen LogP contribution in [0.1, 0.15) is 19.8 Å². The fraction of sp³-hybridized carbons (Fsp3) is 0.643. The molecular weight excluding hydrogens is 388 g/mol. The van der Waals surface area contributed by atoms with Crippen molar-refractivity contribution in [2.24, 2.45) is 0 Å². The minimum absolute atomic E-state index is 0.0834. The van der Waals surface area contributed by atoms with Crippen LogP contribution < -0.4 is 9.80 Å². The number of nitrogens with zero attached hydrogens (tertiary/aromatic N) is 4. The Labute approximate surface area is 147 Å². The summed E-state index contributed by atoms with van der Waals surface area (Å²) in [5.41, 5.74) is 0.0834. The molecule has 3 aliphatic rings. The van der Waals surface area contributed by atoms with Crippen molar-refractivity contribution < 1.29 is 4.74 Å². The van der Waals surface area contributed by atoms with Crippen molar-refractivity contribution in [3.63, 3.8) is 0 Å². The molecule has 120 valence electrons. The van der Waals surface area contributed by atoms with Gasteiger partial charge >= 0.3 is 0 Å². The molecule has 0 N–H and O–H groups in total. The minimum Gasteiger partial charge on any atom is -0.377 e. The largest absolute Gasteiger partial charge is 0.377 e. The highest BCUT2D eigenvalue weighted by Crippen LogP contribution is 2.44. The van der Waals surface area contributed by atoms with E-state index in [1.54, 1.807) is 11.3 Å². The number of rotatable bonds is 2. The summed E-state index contributed by atoms with van der Waals surface area (Å²) >= 11 is 11.6. The third kappa shape index (κ3) is 2.17. The Morgan fingerprint density at radius 3 is 3.05 bits per heavy atom. The van der Waals surface area contributed by atoms with Gasteiger partial charge in [0.1, 0.15) is 15.6 Å². The van der Waals surface area contributed by atoms with E-state index in [0.717, 1.165) is 28.8 Å². The lowest BCUT2D eigenvalue weighted by atomic mass is 10.0. The van der Waals surface area contributed by atoms with E-state index in [1.165, 1.54) is 12.8 Å². The van der Waals surface area contributed by atoms with Crippen LogP contribution in [-0.4, -0.2) is 48.4 Å². The lowest BCUT2D eigenvalue weighted by molar-refractivity contribution is 0.0595. The molecule has 0 aliphatic carbocycles. The van der Waals surface area contributed by atoms with Gasteiger partial charge < -0.3 is 14.5 Å². The van der Waals surface area contributed by atoms with Gasteiger partial charge in [-0.25, -0.2) is 4.98 Å². The molecule has 0 spiro atoms. The highest BCUT2D eigenvalue weighted by atomic mass is 79.9. The normalized spacial score (nSPS) is 31.6. The van der Waals surface area contributed by atoms with Crippen LogP contribution in [0.3, 0.4) is 0 Å². The van der Waals surface area contributed by atoms with E-state index in [9.17, 15) is 0 Å². The molecule has 0 unspecified atom stereocenters. The molecule has 0 aromatic carbocycles. The number of hydrogen-bond donors (Lipinski definition) is 0. The number of anilines is 2. The summed E-state index contributed by atoms with van der Waals surface area (Å²) in [5, 5.41) is 3.86. The Hall–Kier alpha value is -0.500. The first kappa shape index (κ1) is 15.1. The molecule has 4 rings (SSSR count). The maximum absolute atomic E-state index is 6.40. The second-order valence-corrected chi connectivity index (χ2v) is 8.36. The predicted molar refractivity (Wildman–Crippen MR) is 93.8 cm³/mol. The first-order valence-electron chi connectivity index (χ1n) is 7.36. The van der Waals surface area contributed by atoms with Crippen LogP contribution in [0.2, 0.25) is 0 Å². The number of fused-ring (bicyclic) bond motifs is 2. The van der Waals surface area contributed by atoms with Crippen LogP contribution in [0.15, 0.2) is 15.1 Å². The van der Waals surface area contributed by atoms with E-state index in [4.69, 9.17) is 21.3 Å². The number of hydrogen-bond acceptors (Lipinski definition) is 6. The average molecular weight is 406 g/mol. The Morgan fingerprint density at radius 1 is 1.55 bits per heavy atom. The zero-order valence-electron chi connectivity index (χ0n) is 12.6. The number of aromatic nitrogens is 1. The van der Waals surface area contributed by atoms with Gasteiger partial charge in [-0.2, -0.15) is 0 Å². The van der Waals surface area contributed by atoms with Crippen LogP contribution in [0.4, 0.5) is 10.9 Å². The van der Waals surface area contributed by atoms with Crippen molar-refractivity contribution in [1.29, 1.82) is 0 Å². The van der Waals surface area contributed by atoms with Gasteiger partial charge in [0.2, 0.25) is 0 Å². The predicted octanol–water partition coefficient (Wildman–Crippen LogP) is 3.37. The van der Waals surface area contributed by atoms with Crippen molar-refractivity contribution >= 4 is 49.8 Å². The quantitative estimate of drug-likeness (QED) is 0.704. The smallest absolute Gasteiger partial charge is 0.188 e. The van der Waals surface area contributed by atoms with Gasteiger partial charge in [0.25, 0.3) is 0 Å². The molecule has 2 bridgehead atoms. The molecule has 4 heterocycles. The number of morpholine rings is 1. The van der Waals surface area contributed by atoms with Crippen LogP contribution >= 0.6 is 38.9 Å². The van der Waals surface area contributed by atoms with Crippen molar-refractivity contribution in [3.05, 3.63) is 15.1 Å². The summed E-state index contributed by atoms with van der Waals surface area (Å²) in [7, 11) is 2.00.